The predicted octanol–water partition coefficient (Wildman–Crippen LogP) is 0.766. The number of nitrogen functional groups attached to an aromatic ring is 1. The van der Waals surface area contributed by atoms with Crippen LogP contribution in [-0.4, -0.2) is 76.9 Å². The molecule has 1 amide bonds. The van der Waals surface area contributed by atoms with Crippen molar-refractivity contribution in [2.75, 3.05) is 50.6 Å². The van der Waals surface area contributed by atoms with E-state index in [1.807, 2.05) is 4.90 Å². The van der Waals surface area contributed by atoms with Crippen molar-refractivity contribution in [3.05, 3.63) is 29.8 Å². The molecule has 1 atom stereocenters. The molecular formula is C19H22N6O4S. The number of nitrogens with zero attached hydrogens (tertiary/aromatic N) is 5. The molecule has 1 fully saturated rings. The number of benzene rings is 1. The SMILES string of the molecule is COc1ccc(OCC(=O)N2CCN(c3nc(N)nc4scnc34)C[C@@H]2CO)cc1. The lowest BCUT2D eigenvalue weighted by atomic mass is 10.1. The van der Waals surface area contributed by atoms with Crippen LogP contribution in [0.15, 0.2) is 29.8 Å². The van der Waals surface area contributed by atoms with Gasteiger partial charge < -0.3 is 30.1 Å². The zero-order valence-electron chi connectivity index (χ0n) is 16.4. The summed E-state index contributed by atoms with van der Waals surface area (Å²) in [5.41, 5.74) is 8.21. The fraction of sp³-hybridized carbons (Fsp3) is 0.368. The molecule has 4 rings (SSSR count). The molecule has 11 heteroatoms. The molecule has 0 aliphatic carbocycles. The third-order valence-electron chi connectivity index (χ3n) is 4.93. The van der Waals surface area contributed by atoms with Crippen molar-refractivity contribution >= 4 is 39.4 Å². The number of thiazole rings is 1. The van der Waals surface area contributed by atoms with E-state index in [0.717, 1.165) is 0 Å². The number of amides is 1. The minimum atomic E-state index is -0.393. The summed E-state index contributed by atoms with van der Waals surface area (Å²) in [4.78, 5) is 29.9. The van der Waals surface area contributed by atoms with Gasteiger partial charge in [0.15, 0.2) is 17.3 Å². The Hall–Kier alpha value is -3.18. The Morgan fingerprint density at radius 3 is 2.77 bits per heavy atom. The van der Waals surface area contributed by atoms with Crippen molar-refractivity contribution < 1.29 is 19.4 Å². The molecule has 1 aliphatic heterocycles. The largest absolute Gasteiger partial charge is 0.497 e. The number of rotatable bonds is 6. The van der Waals surface area contributed by atoms with E-state index < -0.39 is 6.04 Å². The minimum absolute atomic E-state index is 0.111. The molecule has 0 saturated carbocycles. The van der Waals surface area contributed by atoms with Gasteiger partial charge in [0.05, 0.1) is 25.3 Å². The lowest BCUT2D eigenvalue weighted by molar-refractivity contribution is -0.137. The summed E-state index contributed by atoms with van der Waals surface area (Å²) in [6.07, 6.45) is 0. The summed E-state index contributed by atoms with van der Waals surface area (Å²) < 4.78 is 10.7. The van der Waals surface area contributed by atoms with Gasteiger partial charge in [-0.1, -0.05) is 0 Å². The van der Waals surface area contributed by atoms with Crippen LogP contribution in [0.1, 0.15) is 0 Å². The molecule has 3 aromatic rings. The predicted molar refractivity (Wildman–Crippen MR) is 113 cm³/mol. The number of anilines is 2. The number of carbonyl (C=O) groups excluding carboxylic acids is 1. The van der Waals surface area contributed by atoms with Gasteiger partial charge >= 0.3 is 0 Å². The molecule has 30 heavy (non-hydrogen) atoms. The number of fused-ring (bicyclic) bond motifs is 1. The van der Waals surface area contributed by atoms with Crippen LogP contribution in [-0.2, 0) is 4.79 Å². The molecule has 0 radical (unpaired) electrons. The van der Waals surface area contributed by atoms with Gasteiger partial charge in [0, 0.05) is 19.6 Å². The number of methoxy groups -OCH3 is 1. The molecule has 10 nitrogen and oxygen atoms in total. The second-order valence-electron chi connectivity index (χ2n) is 6.75. The fourth-order valence-corrected chi connectivity index (χ4v) is 4.08. The zero-order valence-corrected chi connectivity index (χ0v) is 17.2. The Morgan fingerprint density at radius 1 is 1.27 bits per heavy atom. The molecule has 0 spiro atoms. The highest BCUT2D eigenvalue weighted by Crippen LogP contribution is 2.28. The number of ether oxygens (including phenoxy) is 2. The highest BCUT2D eigenvalue weighted by Gasteiger charge is 2.32. The smallest absolute Gasteiger partial charge is 0.260 e. The molecule has 1 saturated heterocycles. The Balaban J connectivity index is 1.42. The van der Waals surface area contributed by atoms with E-state index >= 15 is 0 Å². The Bertz CT molecular complexity index is 1030. The summed E-state index contributed by atoms with van der Waals surface area (Å²) >= 11 is 1.39. The first-order valence-electron chi connectivity index (χ1n) is 9.38. The molecule has 0 unspecified atom stereocenters. The van der Waals surface area contributed by atoms with Crippen LogP contribution in [0.2, 0.25) is 0 Å². The van der Waals surface area contributed by atoms with Crippen LogP contribution >= 0.6 is 11.3 Å². The number of aliphatic hydroxyl groups excluding tert-OH is 1. The molecule has 158 valence electrons. The summed E-state index contributed by atoms with van der Waals surface area (Å²) in [6.45, 7) is 1.08. The van der Waals surface area contributed by atoms with Crippen LogP contribution in [0.5, 0.6) is 11.5 Å². The second-order valence-corrected chi connectivity index (χ2v) is 7.58. The third-order valence-corrected chi connectivity index (χ3v) is 5.65. The maximum absolute atomic E-state index is 12.7. The van der Waals surface area contributed by atoms with Crippen molar-refractivity contribution in [2.45, 2.75) is 6.04 Å². The molecule has 2 aromatic heterocycles. The van der Waals surface area contributed by atoms with Crippen molar-refractivity contribution in [1.82, 2.24) is 19.9 Å². The number of piperazine rings is 1. The topological polar surface area (TPSA) is 127 Å². The van der Waals surface area contributed by atoms with Crippen LogP contribution in [0.4, 0.5) is 11.8 Å². The number of hydrogen-bond donors (Lipinski definition) is 2. The van der Waals surface area contributed by atoms with Gasteiger partial charge in [-0.3, -0.25) is 4.79 Å². The van der Waals surface area contributed by atoms with E-state index in [1.165, 1.54) is 11.3 Å². The van der Waals surface area contributed by atoms with Crippen molar-refractivity contribution in [3.63, 3.8) is 0 Å². The Morgan fingerprint density at radius 2 is 2.03 bits per heavy atom. The highest BCUT2D eigenvalue weighted by molar-refractivity contribution is 7.16. The summed E-state index contributed by atoms with van der Waals surface area (Å²) in [5, 5.41) is 9.90. The Labute approximate surface area is 176 Å². The zero-order chi connectivity index (χ0) is 21.1. The fourth-order valence-electron chi connectivity index (χ4n) is 3.42. The van der Waals surface area contributed by atoms with E-state index in [2.05, 4.69) is 15.0 Å². The van der Waals surface area contributed by atoms with Gasteiger partial charge in [0.25, 0.3) is 5.91 Å². The van der Waals surface area contributed by atoms with Crippen LogP contribution in [0.3, 0.4) is 0 Å². The molecule has 1 aromatic carbocycles. The van der Waals surface area contributed by atoms with E-state index in [0.29, 0.717) is 47.3 Å². The number of nitrogens with two attached hydrogens (primary N) is 1. The average molecular weight is 430 g/mol. The molecule has 0 bridgehead atoms. The van der Waals surface area contributed by atoms with E-state index in [-0.39, 0.29) is 25.1 Å². The third kappa shape index (κ3) is 4.07. The maximum atomic E-state index is 12.7. The lowest BCUT2D eigenvalue weighted by Crippen LogP contribution is -2.58. The van der Waals surface area contributed by atoms with E-state index in [1.54, 1.807) is 41.8 Å². The molecular weight excluding hydrogens is 408 g/mol. The number of hydrogen-bond acceptors (Lipinski definition) is 10. The van der Waals surface area contributed by atoms with Crippen LogP contribution in [0, 0.1) is 0 Å². The number of aliphatic hydroxyl groups is 1. The molecule has 3 heterocycles. The van der Waals surface area contributed by atoms with Gasteiger partial charge in [-0.05, 0) is 24.3 Å². The van der Waals surface area contributed by atoms with Crippen molar-refractivity contribution in [2.24, 2.45) is 0 Å². The first-order valence-corrected chi connectivity index (χ1v) is 10.3. The number of carbonyl (C=O) groups is 1. The monoisotopic (exact) mass is 430 g/mol. The van der Waals surface area contributed by atoms with Crippen molar-refractivity contribution in [1.29, 1.82) is 0 Å². The standard InChI is InChI=1S/C19H22N6O4S/c1-28-13-2-4-14(5-3-13)29-10-15(27)25-7-6-24(8-12(25)9-26)17-16-18(30-11-21-16)23-19(20)22-17/h2-5,11-12,26H,6-10H2,1H3,(H2,20,22,23)/t12-/m1/s1. The first kappa shape index (κ1) is 20.1. The van der Waals surface area contributed by atoms with Gasteiger partial charge in [0.2, 0.25) is 5.95 Å². The van der Waals surface area contributed by atoms with Gasteiger partial charge in [0.1, 0.15) is 17.0 Å². The van der Waals surface area contributed by atoms with Gasteiger partial charge in [-0.2, -0.15) is 4.98 Å². The second kappa shape index (κ2) is 8.67. The van der Waals surface area contributed by atoms with Crippen LogP contribution in [0.25, 0.3) is 10.3 Å². The van der Waals surface area contributed by atoms with Gasteiger partial charge in [-0.25, -0.2) is 9.97 Å². The molecule has 1 aliphatic rings. The summed E-state index contributed by atoms with van der Waals surface area (Å²) in [6, 6.07) is 6.62. The Kier molecular flexibility index (Phi) is 5.81. The number of aromatic nitrogens is 3. The minimum Gasteiger partial charge on any atom is -0.497 e. The van der Waals surface area contributed by atoms with Crippen molar-refractivity contribution in [3.8, 4) is 11.5 Å². The summed E-state index contributed by atoms with van der Waals surface area (Å²) in [5.74, 6) is 1.90. The molecule has 3 N–H and O–H groups in total. The normalized spacial score (nSPS) is 16.7. The summed E-state index contributed by atoms with van der Waals surface area (Å²) in [7, 11) is 1.59. The maximum Gasteiger partial charge on any atom is 0.260 e. The van der Waals surface area contributed by atoms with E-state index in [4.69, 9.17) is 15.2 Å². The highest BCUT2D eigenvalue weighted by atomic mass is 32.1. The van der Waals surface area contributed by atoms with Gasteiger partial charge in [-0.15, -0.1) is 11.3 Å². The van der Waals surface area contributed by atoms with Crippen LogP contribution < -0.4 is 20.1 Å². The van der Waals surface area contributed by atoms with E-state index in [9.17, 15) is 9.90 Å². The average Bonchev–Trinajstić information content (AvgIpc) is 3.25. The first-order chi connectivity index (χ1) is 14.6. The quantitative estimate of drug-likeness (QED) is 0.583. The lowest BCUT2D eigenvalue weighted by Gasteiger charge is -2.41.